The number of ether oxygens (including phenoxy) is 1. The Morgan fingerprint density at radius 2 is 2.16 bits per heavy atom. The molecule has 1 amide bonds. The number of thiophene rings is 1. The maximum absolute atomic E-state index is 12.6. The number of carbonyl (C=O) groups excluding carboxylic acids is 2. The second-order valence-electron chi connectivity index (χ2n) is 7.61. The average molecular weight is 474 g/mol. The number of fused-ring (bicyclic) bond motifs is 1. The molecule has 168 valence electrons. The number of esters is 1. The van der Waals surface area contributed by atoms with Crippen LogP contribution in [0.15, 0.2) is 39.9 Å². The van der Waals surface area contributed by atoms with Gasteiger partial charge in [0.2, 0.25) is 11.6 Å². The molecule has 4 rings (SSSR count). The Kier molecular flexibility index (Phi) is 6.80. The van der Waals surface area contributed by atoms with Gasteiger partial charge in [0.1, 0.15) is 5.00 Å². The van der Waals surface area contributed by atoms with Gasteiger partial charge in [-0.05, 0) is 35.4 Å². The number of hydrogen-bond donors (Lipinski definition) is 1. The van der Waals surface area contributed by atoms with Gasteiger partial charge in [0.15, 0.2) is 5.95 Å². The Morgan fingerprint density at radius 1 is 1.38 bits per heavy atom. The highest BCUT2D eigenvalue weighted by molar-refractivity contribution is 7.99. The first-order valence-corrected chi connectivity index (χ1v) is 12.1. The van der Waals surface area contributed by atoms with E-state index in [2.05, 4.69) is 17.5 Å². The SMILES string of the molecule is COC(=O)c1c(NC(=O)CCSc2c([O-])on[n+]2-c2ccccc2)sc2c1CCC(C)C2. The lowest BCUT2D eigenvalue weighted by Crippen LogP contribution is -2.34. The Bertz CT molecular complexity index is 1130. The molecule has 1 aliphatic rings. The van der Waals surface area contributed by atoms with Gasteiger partial charge in [-0.25, -0.2) is 4.79 Å². The Hall–Kier alpha value is -2.85. The van der Waals surface area contributed by atoms with E-state index in [1.165, 1.54) is 34.9 Å². The number of para-hydroxylation sites is 1. The van der Waals surface area contributed by atoms with E-state index in [9.17, 15) is 14.7 Å². The highest BCUT2D eigenvalue weighted by atomic mass is 32.2. The molecule has 0 aliphatic heterocycles. The topological polar surface area (TPSA) is 108 Å². The molecule has 0 bridgehead atoms. The van der Waals surface area contributed by atoms with Crippen LogP contribution in [-0.4, -0.2) is 30.0 Å². The lowest BCUT2D eigenvalue weighted by atomic mass is 9.88. The van der Waals surface area contributed by atoms with Crippen LogP contribution < -0.4 is 15.1 Å². The summed E-state index contributed by atoms with van der Waals surface area (Å²) < 4.78 is 11.2. The molecular weight excluding hydrogens is 450 g/mol. The molecule has 1 atom stereocenters. The Morgan fingerprint density at radius 3 is 2.91 bits per heavy atom. The van der Waals surface area contributed by atoms with Gasteiger partial charge >= 0.3 is 5.97 Å². The molecule has 1 N–H and O–H groups in total. The number of anilines is 1. The fourth-order valence-electron chi connectivity index (χ4n) is 3.68. The molecule has 1 aromatic carbocycles. The molecule has 0 saturated carbocycles. The third-order valence-electron chi connectivity index (χ3n) is 5.30. The van der Waals surface area contributed by atoms with E-state index in [1.807, 2.05) is 30.3 Å². The molecule has 0 spiro atoms. The van der Waals surface area contributed by atoms with Gasteiger partial charge in [0.05, 0.1) is 17.9 Å². The number of methoxy groups -OCH3 is 1. The van der Waals surface area contributed by atoms with Crippen molar-refractivity contribution in [3.63, 3.8) is 0 Å². The summed E-state index contributed by atoms with van der Waals surface area (Å²) in [7, 11) is 1.35. The van der Waals surface area contributed by atoms with Gasteiger partial charge in [-0.15, -0.1) is 11.3 Å². The van der Waals surface area contributed by atoms with Gasteiger partial charge < -0.3 is 19.7 Å². The van der Waals surface area contributed by atoms with Gasteiger partial charge in [0, 0.05) is 29.2 Å². The highest BCUT2D eigenvalue weighted by Gasteiger charge is 2.29. The van der Waals surface area contributed by atoms with E-state index < -0.39 is 11.9 Å². The van der Waals surface area contributed by atoms with Gasteiger partial charge in [-0.2, -0.15) is 0 Å². The smallest absolute Gasteiger partial charge is 0.341 e. The van der Waals surface area contributed by atoms with Crippen LogP contribution in [0.1, 0.15) is 40.6 Å². The van der Waals surface area contributed by atoms with Crippen LogP contribution in [0.25, 0.3) is 5.69 Å². The number of carbonyl (C=O) groups is 2. The minimum Gasteiger partial charge on any atom is -0.538 e. The summed E-state index contributed by atoms with van der Waals surface area (Å²) in [4.78, 5) is 26.1. The summed E-state index contributed by atoms with van der Waals surface area (Å²) in [6.45, 7) is 2.19. The van der Waals surface area contributed by atoms with Crippen molar-refractivity contribution in [2.45, 2.75) is 37.6 Å². The molecule has 1 aliphatic carbocycles. The number of nitrogens with zero attached hydrogens (tertiary/aromatic N) is 2. The number of thioether (sulfide) groups is 1. The first-order chi connectivity index (χ1) is 15.5. The summed E-state index contributed by atoms with van der Waals surface area (Å²) in [5.74, 6) is -0.305. The lowest BCUT2D eigenvalue weighted by molar-refractivity contribution is -0.705. The fraction of sp³-hybridized carbons (Fsp3) is 0.364. The van der Waals surface area contributed by atoms with Crippen molar-refractivity contribution < 1.29 is 28.6 Å². The Balaban J connectivity index is 1.43. The molecule has 10 heteroatoms. The standard InChI is InChI=1S/C22H23N3O5S2/c1-13-8-9-15-16(12-13)32-19(18(15)21(27)29-2)23-17(26)10-11-31-20-22(28)30-24-25(20)14-6-4-3-5-7-14/h3-7,13H,8-12H2,1-2H3,(H-,23,24,26,27,28). The zero-order chi connectivity index (χ0) is 22.7. The van der Waals surface area contributed by atoms with Crippen LogP contribution in [-0.2, 0) is 22.4 Å². The van der Waals surface area contributed by atoms with E-state index in [0.717, 1.165) is 29.7 Å². The third kappa shape index (κ3) is 4.66. The van der Waals surface area contributed by atoms with Crippen molar-refractivity contribution in [2.24, 2.45) is 5.92 Å². The van der Waals surface area contributed by atoms with Crippen LogP contribution in [0.4, 0.5) is 5.00 Å². The van der Waals surface area contributed by atoms with Gasteiger partial charge in [-0.3, -0.25) is 4.79 Å². The molecular formula is C22H23N3O5S2. The third-order valence-corrected chi connectivity index (χ3v) is 7.49. The van der Waals surface area contributed by atoms with Crippen LogP contribution in [0.2, 0.25) is 0 Å². The van der Waals surface area contributed by atoms with E-state index >= 15 is 0 Å². The number of amides is 1. The van der Waals surface area contributed by atoms with Crippen LogP contribution in [0.5, 0.6) is 5.95 Å². The fourth-order valence-corrected chi connectivity index (χ4v) is 5.99. The average Bonchev–Trinajstić information content (AvgIpc) is 3.33. The van der Waals surface area contributed by atoms with Crippen molar-refractivity contribution in [1.82, 2.24) is 5.27 Å². The number of nitrogens with one attached hydrogen (secondary N) is 1. The second kappa shape index (κ2) is 9.74. The molecule has 1 unspecified atom stereocenters. The summed E-state index contributed by atoms with van der Waals surface area (Å²) in [5.41, 5.74) is 2.17. The van der Waals surface area contributed by atoms with Crippen molar-refractivity contribution in [3.05, 3.63) is 46.3 Å². The molecule has 2 aromatic heterocycles. The predicted octanol–water partition coefficient (Wildman–Crippen LogP) is 3.12. The van der Waals surface area contributed by atoms with Gasteiger partial charge in [-0.1, -0.05) is 36.9 Å². The van der Waals surface area contributed by atoms with Gasteiger partial charge in [0.25, 0.3) is 5.03 Å². The molecule has 3 aromatic rings. The number of benzene rings is 1. The maximum Gasteiger partial charge on any atom is 0.341 e. The summed E-state index contributed by atoms with van der Waals surface area (Å²) >= 11 is 2.65. The van der Waals surface area contributed by atoms with E-state index in [-0.39, 0.29) is 12.3 Å². The van der Waals surface area contributed by atoms with Crippen LogP contribution in [0.3, 0.4) is 0 Å². The number of hydrogen-bond acceptors (Lipinski definition) is 8. The minimum atomic E-state index is -0.549. The largest absolute Gasteiger partial charge is 0.538 e. The zero-order valence-electron chi connectivity index (χ0n) is 17.8. The monoisotopic (exact) mass is 473 g/mol. The number of rotatable bonds is 7. The number of aromatic nitrogens is 2. The lowest BCUT2D eigenvalue weighted by Gasteiger charge is -2.18. The molecule has 0 fully saturated rings. The zero-order valence-corrected chi connectivity index (χ0v) is 19.4. The van der Waals surface area contributed by atoms with E-state index in [0.29, 0.717) is 32.9 Å². The van der Waals surface area contributed by atoms with Crippen LogP contribution in [0, 0.1) is 5.92 Å². The van der Waals surface area contributed by atoms with E-state index in [1.54, 1.807) is 0 Å². The Labute approximate surface area is 193 Å². The molecule has 32 heavy (non-hydrogen) atoms. The minimum absolute atomic E-state index is 0.156. The molecule has 2 heterocycles. The first kappa shape index (κ1) is 22.3. The van der Waals surface area contributed by atoms with Crippen LogP contribution >= 0.6 is 23.1 Å². The van der Waals surface area contributed by atoms with Crippen molar-refractivity contribution in [1.29, 1.82) is 0 Å². The highest BCUT2D eigenvalue weighted by Crippen LogP contribution is 2.40. The van der Waals surface area contributed by atoms with Crippen molar-refractivity contribution in [3.8, 4) is 11.6 Å². The molecule has 0 radical (unpaired) electrons. The summed E-state index contributed by atoms with van der Waals surface area (Å²) in [6.07, 6.45) is 2.87. The molecule has 0 saturated heterocycles. The second-order valence-corrected chi connectivity index (χ2v) is 9.80. The van der Waals surface area contributed by atoms with E-state index in [4.69, 9.17) is 9.26 Å². The summed E-state index contributed by atoms with van der Waals surface area (Å²) in [6, 6.07) is 9.16. The molecule has 8 nitrogen and oxygen atoms in total. The van der Waals surface area contributed by atoms with Crippen molar-refractivity contribution >= 4 is 40.0 Å². The first-order valence-electron chi connectivity index (χ1n) is 10.3. The maximum atomic E-state index is 12.6. The summed E-state index contributed by atoms with van der Waals surface area (Å²) in [5, 5.41) is 19.6. The predicted molar refractivity (Wildman–Crippen MR) is 118 cm³/mol. The quantitative estimate of drug-likeness (QED) is 0.319. The van der Waals surface area contributed by atoms with Crippen molar-refractivity contribution in [2.75, 3.05) is 18.2 Å². The normalized spacial score (nSPS) is 15.2.